The zero-order valence-electron chi connectivity index (χ0n) is 55.4. The molecule has 0 amide bonds. The van der Waals surface area contributed by atoms with Crippen molar-refractivity contribution in [2.24, 2.45) is 0 Å². The maximum absolute atomic E-state index is 10.0. The van der Waals surface area contributed by atoms with Gasteiger partial charge in [-0.1, -0.05) is 89.0 Å². The molecule has 0 saturated heterocycles. The van der Waals surface area contributed by atoms with Crippen LogP contribution in [0.3, 0.4) is 0 Å². The molecule has 20 heteroatoms. The zero-order valence-corrected chi connectivity index (χ0v) is 65.6. The molecule has 4 radical (unpaired) electrons. The molecule has 4 heterocycles. The third-order valence-electron chi connectivity index (χ3n) is 10.5. The van der Waals surface area contributed by atoms with Gasteiger partial charge < -0.3 is 59.3 Å². The Morgan fingerprint density at radius 3 is 0.948 bits per heavy atom. The second-order valence-electron chi connectivity index (χ2n) is 19.3. The molecule has 0 fully saturated rings. The molecule has 9 rings (SSSR count). The van der Waals surface area contributed by atoms with Gasteiger partial charge in [-0.15, -0.1) is 97.1 Å². The Morgan fingerprint density at radius 1 is 0.396 bits per heavy atom. The first-order valence-corrected chi connectivity index (χ1v) is 28.8. The number of ether oxygens (including phenoxy) is 4. The fourth-order valence-electron chi connectivity index (χ4n) is 7.20. The van der Waals surface area contributed by atoms with Crippen LogP contribution in [0.4, 0.5) is 0 Å². The number of carbonyl (C=O) groups excluding carboxylic acids is 4. The molecular weight excluding hydrogens is 1920 g/mol. The van der Waals surface area contributed by atoms with Gasteiger partial charge in [0.15, 0.2) is 23.1 Å². The summed E-state index contributed by atoms with van der Waals surface area (Å²) >= 11 is 0. The number of methoxy groups -OCH3 is 1. The molecule has 0 unspecified atom stereocenters. The van der Waals surface area contributed by atoms with Crippen LogP contribution in [-0.4, -0.2) is 83.3 Å². The van der Waals surface area contributed by atoms with Crippen LogP contribution in [-0.2, 0) is 98.3 Å². The second kappa shape index (κ2) is 54.5. The van der Waals surface area contributed by atoms with Crippen molar-refractivity contribution in [3.05, 3.63) is 272 Å². The first-order chi connectivity index (χ1) is 44.0. The van der Waals surface area contributed by atoms with Crippen molar-refractivity contribution in [2.75, 3.05) is 13.7 Å². The fourth-order valence-corrected chi connectivity index (χ4v) is 7.20. The third-order valence-corrected chi connectivity index (χ3v) is 10.5. The standard InChI is InChI=1S/C17H12NO.C14H14NO.C13H12NO.C12H10NO.4C5H8O2.4Os/c1-2-8-14(9-3-1)19-17-12-5-4-10-15(17)16-11-6-7-13-18-16;1-11(2)16-14-9-4-3-7-12(14)13-8-5-6-10-15-13;1-2-15-13-9-4-3-7-11(13)12-8-5-6-10-14-12;1-14-12-8-3-2-6-10(12)11-7-4-5-9-13-11;4*1-4(6)3-5(2)7;;;;/h1-9,11-13H;3-6,8-11H,1-2H3;3-6,8-10H,2H2,1H3;2-5,7-9H,1H3;4*3,6H,1-2H3;;;;/q4*-1;;;;;4*+1. The van der Waals surface area contributed by atoms with E-state index in [2.05, 4.69) is 44.2 Å². The van der Waals surface area contributed by atoms with Crippen LogP contribution in [0.1, 0.15) is 76.2 Å². The Bertz CT molecular complexity index is 3610. The van der Waals surface area contributed by atoms with Crippen molar-refractivity contribution >= 4 is 23.1 Å². The van der Waals surface area contributed by atoms with E-state index in [4.69, 9.17) is 39.4 Å². The number of hydrogen-bond donors (Lipinski definition) is 4. The number of aliphatic hydroxyl groups excluding tert-OH is 4. The molecular formula is C76H80N4O12Os4. The van der Waals surface area contributed by atoms with Crippen molar-refractivity contribution in [1.82, 2.24) is 19.9 Å². The number of hydrogen-bond acceptors (Lipinski definition) is 16. The van der Waals surface area contributed by atoms with E-state index in [1.54, 1.807) is 31.9 Å². The van der Waals surface area contributed by atoms with Crippen LogP contribution in [0.2, 0.25) is 0 Å². The molecule has 9 aromatic rings. The molecule has 0 aliphatic carbocycles. The minimum absolute atomic E-state index is 0. The number of pyridine rings is 4. The minimum atomic E-state index is -0.125. The van der Waals surface area contributed by atoms with Crippen molar-refractivity contribution in [3.8, 4) is 73.8 Å². The summed E-state index contributed by atoms with van der Waals surface area (Å²) in [5.74, 6) is 3.77. The Labute approximate surface area is 618 Å². The Kier molecular flexibility index (Phi) is 52.0. The van der Waals surface area contributed by atoms with Crippen LogP contribution in [0.15, 0.2) is 248 Å². The zero-order chi connectivity index (χ0) is 68.1. The van der Waals surface area contributed by atoms with Crippen LogP contribution < -0.4 is 18.9 Å². The normalized spacial score (nSPS) is 10.1. The molecule has 4 aromatic heterocycles. The summed E-state index contributed by atoms with van der Waals surface area (Å²) in [7, 11) is 1.65. The summed E-state index contributed by atoms with van der Waals surface area (Å²) in [6, 6.07) is 68.3. The van der Waals surface area contributed by atoms with E-state index in [0.29, 0.717) is 6.61 Å². The van der Waals surface area contributed by atoms with Crippen molar-refractivity contribution in [1.29, 1.82) is 0 Å². The summed E-state index contributed by atoms with van der Waals surface area (Å²) in [6.07, 6.45) is 11.9. The SMILES string of the molecule is CC(=O)C=C(C)O.CC(=O)C=C(C)O.CC(=O)C=C(C)O.CC(=O)C=C(C)O.CC(C)Oc1ccc[c-]c1-c1ccccn1.CCOc1ccc[c-]c1-c1ccccn1.COc1ccc[c-]c1-c1ccccn1.[Os+].[Os+].[Os+].[Os+].[c-]1cccc(Oc2ccccc2)c1-c1ccccn1. The number of aromatic nitrogens is 4. The summed E-state index contributed by atoms with van der Waals surface area (Å²) in [5.41, 5.74) is 7.11. The van der Waals surface area contributed by atoms with Crippen LogP contribution >= 0.6 is 0 Å². The molecule has 0 aliphatic rings. The topological polar surface area (TPSA) is 238 Å². The molecule has 5 aromatic carbocycles. The van der Waals surface area contributed by atoms with Crippen molar-refractivity contribution < 1.29 is 138 Å². The second-order valence-corrected chi connectivity index (χ2v) is 19.3. The summed E-state index contributed by atoms with van der Waals surface area (Å²) < 4.78 is 22.4. The third kappa shape index (κ3) is 41.9. The smallest absolute Gasteiger partial charge is 0.540 e. The van der Waals surface area contributed by atoms with E-state index in [1.807, 2.05) is 197 Å². The van der Waals surface area contributed by atoms with E-state index in [1.165, 1.54) is 79.7 Å². The predicted octanol–water partition coefficient (Wildman–Crippen LogP) is 17.3. The molecule has 4 N–H and O–H groups in total. The number of ketones is 4. The Balaban J connectivity index is -0.00000106. The molecule has 0 atom stereocenters. The average Bonchev–Trinajstić information content (AvgIpc) is 0.909. The first-order valence-electron chi connectivity index (χ1n) is 28.8. The minimum Gasteiger partial charge on any atom is -0.540 e. The number of aliphatic hydroxyl groups is 4. The summed E-state index contributed by atoms with van der Waals surface area (Å²) in [4.78, 5) is 57.2. The maximum atomic E-state index is 10.0. The molecule has 508 valence electrons. The number of carbonyl (C=O) groups is 4. The molecule has 0 aliphatic heterocycles. The summed E-state index contributed by atoms with van der Waals surface area (Å²) in [5, 5.41) is 33.5. The number of benzene rings is 5. The number of nitrogens with zero attached hydrogens (tertiary/aromatic N) is 4. The molecule has 0 spiro atoms. The predicted molar refractivity (Wildman–Crippen MR) is 362 cm³/mol. The van der Waals surface area contributed by atoms with Gasteiger partial charge in [0.05, 0.1) is 42.9 Å². The largest absolute Gasteiger partial charge is 1.00 e. The van der Waals surface area contributed by atoms with Gasteiger partial charge in [-0.2, -0.15) is 0 Å². The summed E-state index contributed by atoms with van der Waals surface area (Å²) in [6.45, 7) is 18.0. The van der Waals surface area contributed by atoms with Crippen molar-refractivity contribution in [3.63, 3.8) is 0 Å². The van der Waals surface area contributed by atoms with Crippen LogP contribution in [0.25, 0.3) is 45.0 Å². The van der Waals surface area contributed by atoms with Crippen molar-refractivity contribution in [2.45, 2.75) is 82.3 Å². The fraction of sp³-hybridized carbons (Fsp3) is 0.184. The van der Waals surface area contributed by atoms with Gasteiger partial charge in [-0.25, -0.2) is 0 Å². The van der Waals surface area contributed by atoms with E-state index < -0.39 is 0 Å². The molecule has 96 heavy (non-hydrogen) atoms. The number of rotatable bonds is 15. The van der Waals surface area contributed by atoms with E-state index in [0.717, 1.165) is 73.8 Å². The number of para-hydroxylation sites is 1. The molecule has 0 bridgehead atoms. The van der Waals surface area contributed by atoms with Gasteiger partial charge in [0.1, 0.15) is 5.75 Å². The van der Waals surface area contributed by atoms with Gasteiger partial charge >= 0.3 is 79.2 Å². The Hall–Kier alpha value is -8.71. The molecule has 16 nitrogen and oxygen atoms in total. The van der Waals surface area contributed by atoms with Gasteiger partial charge in [-0.05, 0) is 135 Å². The first kappa shape index (κ1) is 91.5. The van der Waals surface area contributed by atoms with Gasteiger partial charge in [0, 0.05) is 72.1 Å². The van der Waals surface area contributed by atoms with E-state index >= 15 is 0 Å². The van der Waals surface area contributed by atoms with Gasteiger partial charge in [-0.3, -0.25) is 19.2 Å². The molecule has 0 saturated carbocycles. The van der Waals surface area contributed by atoms with Gasteiger partial charge in [0.25, 0.3) is 0 Å². The Morgan fingerprint density at radius 2 is 0.677 bits per heavy atom. The monoisotopic (exact) mass is 2010 g/mol. The average molecular weight is 2000 g/mol. The van der Waals surface area contributed by atoms with Crippen LogP contribution in [0.5, 0.6) is 28.7 Å². The maximum Gasteiger partial charge on any atom is 1.00 e. The van der Waals surface area contributed by atoms with E-state index in [9.17, 15) is 19.2 Å². The van der Waals surface area contributed by atoms with E-state index in [-0.39, 0.29) is 131 Å². The van der Waals surface area contributed by atoms with Gasteiger partial charge in [0.2, 0.25) is 0 Å². The quantitative estimate of drug-likeness (QED) is 0.0424. The van der Waals surface area contributed by atoms with Crippen LogP contribution in [0, 0.1) is 24.3 Å². The number of allylic oxidation sites excluding steroid dienone is 8.